The summed E-state index contributed by atoms with van der Waals surface area (Å²) in [5.74, 6) is -0.540. The van der Waals surface area contributed by atoms with E-state index in [0.717, 1.165) is 54.8 Å². The molecular weight excluding hydrogens is 550 g/mol. The second kappa shape index (κ2) is 10.5. The molecule has 0 aliphatic heterocycles. The van der Waals surface area contributed by atoms with Crippen LogP contribution in [0, 0.1) is 18.6 Å². The molecule has 0 atom stereocenters. The van der Waals surface area contributed by atoms with Crippen LogP contribution in [-0.2, 0) is 9.84 Å². The standard InChI is InChI=1S/C28H32F2N8O2S/c1-16-11-24(36-35-16)32-27-25(17-9-10-17)26(18-14-31-38(15-18)19-7-5-4-6-8-19)33-28(34-27)37(2)22-12-21(30)23(13-20(22)29)41(3,39)40/h11-15,17,19H,4-10H2,1-3H3,(H2,32,33,34,35,36). The Morgan fingerprint density at radius 1 is 1.05 bits per heavy atom. The number of nitrogens with one attached hydrogen (secondary N) is 2. The van der Waals surface area contributed by atoms with Crippen molar-refractivity contribution in [2.45, 2.75) is 68.7 Å². The lowest BCUT2D eigenvalue weighted by Gasteiger charge is -2.22. The predicted octanol–water partition coefficient (Wildman–Crippen LogP) is 5.95. The van der Waals surface area contributed by atoms with Crippen molar-refractivity contribution in [3.05, 3.63) is 53.5 Å². The zero-order valence-corrected chi connectivity index (χ0v) is 24.0. The van der Waals surface area contributed by atoms with Crippen molar-refractivity contribution in [2.24, 2.45) is 0 Å². The zero-order chi connectivity index (χ0) is 28.9. The van der Waals surface area contributed by atoms with Crippen molar-refractivity contribution in [1.82, 2.24) is 29.9 Å². The topological polar surface area (TPSA) is 122 Å². The van der Waals surface area contributed by atoms with E-state index >= 15 is 4.39 Å². The maximum Gasteiger partial charge on any atom is 0.232 e. The summed E-state index contributed by atoms with van der Waals surface area (Å²) < 4.78 is 55.9. The van der Waals surface area contributed by atoms with E-state index in [2.05, 4.69) is 20.6 Å². The first-order chi connectivity index (χ1) is 19.6. The summed E-state index contributed by atoms with van der Waals surface area (Å²) >= 11 is 0. The highest BCUT2D eigenvalue weighted by molar-refractivity contribution is 7.90. The Labute approximate surface area is 237 Å². The van der Waals surface area contributed by atoms with Crippen LogP contribution in [0.25, 0.3) is 11.3 Å². The van der Waals surface area contributed by atoms with E-state index in [1.54, 1.807) is 6.20 Å². The first kappa shape index (κ1) is 27.3. The molecule has 2 N–H and O–H groups in total. The van der Waals surface area contributed by atoms with E-state index in [9.17, 15) is 12.8 Å². The molecule has 2 aliphatic carbocycles. The van der Waals surface area contributed by atoms with Crippen LogP contribution in [0.5, 0.6) is 0 Å². The Hall–Kier alpha value is -3.87. The van der Waals surface area contributed by atoms with Crippen LogP contribution in [0.15, 0.2) is 35.5 Å². The molecule has 216 valence electrons. The molecule has 1 aromatic carbocycles. The van der Waals surface area contributed by atoms with Crippen LogP contribution < -0.4 is 10.2 Å². The second-order valence-electron chi connectivity index (χ2n) is 11.0. The van der Waals surface area contributed by atoms with Gasteiger partial charge >= 0.3 is 0 Å². The lowest BCUT2D eigenvalue weighted by Crippen LogP contribution is -2.18. The maximum atomic E-state index is 15.2. The number of anilines is 4. The van der Waals surface area contributed by atoms with Crippen molar-refractivity contribution in [2.75, 3.05) is 23.5 Å². The van der Waals surface area contributed by atoms with Crippen molar-refractivity contribution in [1.29, 1.82) is 0 Å². The highest BCUT2D eigenvalue weighted by Crippen LogP contribution is 2.48. The highest BCUT2D eigenvalue weighted by Gasteiger charge is 2.33. The number of H-pyrrole nitrogens is 1. The van der Waals surface area contributed by atoms with E-state index in [1.807, 2.05) is 23.9 Å². The molecule has 2 fully saturated rings. The number of rotatable bonds is 8. The van der Waals surface area contributed by atoms with Crippen molar-refractivity contribution < 1.29 is 17.2 Å². The van der Waals surface area contributed by atoms with E-state index < -0.39 is 26.4 Å². The van der Waals surface area contributed by atoms with Gasteiger partial charge in [-0.2, -0.15) is 15.2 Å². The molecule has 2 aliphatic rings. The van der Waals surface area contributed by atoms with Gasteiger partial charge in [0.1, 0.15) is 22.3 Å². The van der Waals surface area contributed by atoms with Gasteiger partial charge in [-0.15, -0.1) is 0 Å². The van der Waals surface area contributed by atoms with Gasteiger partial charge in [0.25, 0.3) is 0 Å². The van der Waals surface area contributed by atoms with Gasteiger partial charge in [0.2, 0.25) is 5.95 Å². The molecule has 0 amide bonds. The minimum absolute atomic E-state index is 0.106. The number of aromatic nitrogens is 6. The normalized spacial score (nSPS) is 16.2. The molecule has 13 heteroatoms. The first-order valence-electron chi connectivity index (χ1n) is 13.8. The summed E-state index contributed by atoms with van der Waals surface area (Å²) in [5, 5.41) is 15.2. The quantitative estimate of drug-likeness (QED) is 0.262. The maximum absolute atomic E-state index is 15.2. The third-order valence-electron chi connectivity index (χ3n) is 7.76. The molecular formula is C28H32F2N8O2S. The van der Waals surface area contributed by atoms with E-state index in [0.29, 0.717) is 29.4 Å². The van der Waals surface area contributed by atoms with Crippen LogP contribution in [0.3, 0.4) is 0 Å². The van der Waals surface area contributed by atoms with Crippen LogP contribution >= 0.6 is 0 Å². The molecule has 2 saturated carbocycles. The number of halogens is 2. The summed E-state index contributed by atoms with van der Waals surface area (Å²) in [6.45, 7) is 1.89. The second-order valence-corrected chi connectivity index (χ2v) is 13.0. The third-order valence-corrected chi connectivity index (χ3v) is 8.87. The molecule has 0 radical (unpaired) electrons. The fourth-order valence-corrected chi connectivity index (χ4v) is 6.19. The van der Waals surface area contributed by atoms with Gasteiger partial charge in [0.05, 0.1) is 23.6 Å². The molecule has 0 spiro atoms. The third kappa shape index (κ3) is 5.54. The Bertz CT molecular complexity index is 1710. The zero-order valence-electron chi connectivity index (χ0n) is 23.2. The SMILES string of the molecule is Cc1cc(Nc2nc(N(C)c3cc(F)c(S(C)(=O)=O)cc3F)nc(-c3cnn(C4CCCCC4)c3)c2C2CC2)n[nH]1. The number of nitrogens with zero attached hydrogens (tertiary/aromatic N) is 6. The van der Waals surface area contributed by atoms with Gasteiger partial charge in [-0.1, -0.05) is 19.3 Å². The molecule has 3 aromatic heterocycles. The summed E-state index contributed by atoms with van der Waals surface area (Å²) in [5.41, 5.74) is 3.07. The van der Waals surface area contributed by atoms with E-state index in [-0.39, 0.29) is 17.6 Å². The molecule has 4 aromatic rings. The van der Waals surface area contributed by atoms with Gasteiger partial charge in [0.15, 0.2) is 15.7 Å². The largest absolute Gasteiger partial charge is 0.323 e. The number of hydrogen-bond donors (Lipinski definition) is 2. The van der Waals surface area contributed by atoms with Gasteiger partial charge < -0.3 is 10.2 Å². The smallest absolute Gasteiger partial charge is 0.232 e. The average Bonchev–Trinajstić information content (AvgIpc) is 3.50. The van der Waals surface area contributed by atoms with Crippen molar-refractivity contribution in [3.63, 3.8) is 0 Å². The lowest BCUT2D eigenvalue weighted by molar-refractivity contribution is 0.329. The number of benzene rings is 1. The molecule has 0 bridgehead atoms. The number of aromatic amines is 1. The Morgan fingerprint density at radius 3 is 2.46 bits per heavy atom. The fourth-order valence-electron chi connectivity index (χ4n) is 5.46. The monoisotopic (exact) mass is 582 g/mol. The average molecular weight is 583 g/mol. The minimum atomic E-state index is -3.95. The van der Waals surface area contributed by atoms with E-state index in [1.165, 1.54) is 31.2 Å². The summed E-state index contributed by atoms with van der Waals surface area (Å²) in [7, 11) is -2.44. The predicted molar refractivity (Wildman–Crippen MR) is 151 cm³/mol. The summed E-state index contributed by atoms with van der Waals surface area (Å²) in [6, 6.07) is 3.73. The molecule has 0 unspecified atom stereocenters. The molecule has 10 nitrogen and oxygen atoms in total. The van der Waals surface area contributed by atoms with Crippen LogP contribution in [-0.4, -0.2) is 51.7 Å². The Balaban J connectivity index is 1.48. The number of sulfone groups is 1. The Morgan fingerprint density at radius 2 is 1.80 bits per heavy atom. The number of hydrogen-bond acceptors (Lipinski definition) is 8. The fraction of sp³-hybridized carbons (Fsp3) is 0.429. The summed E-state index contributed by atoms with van der Waals surface area (Å²) in [6.07, 6.45) is 12.3. The lowest BCUT2D eigenvalue weighted by atomic mass is 9.96. The van der Waals surface area contributed by atoms with Gasteiger partial charge in [-0.25, -0.2) is 22.2 Å². The summed E-state index contributed by atoms with van der Waals surface area (Å²) in [4.78, 5) is 10.2. The number of aryl methyl sites for hydroxylation is 1. The Kier molecular flexibility index (Phi) is 7.00. The molecule has 6 rings (SSSR count). The molecule has 41 heavy (non-hydrogen) atoms. The van der Waals surface area contributed by atoms with Crippen LogP contribution in [0.2, 0.25) is 0 Å². The van der Waals surface area contributed by atoms with Crippen LogP contribution in [0.4, 0.5) is 32.1 Å². The first-order valence-corrected chi connectivity index (χ1v) is 15.7. The van der Waals surface area contributed by atoms with Crippen LogP contribution in [0.1, 0.15) is 68.2 Å². The van der Waals surface area contributed by atoms with Gasteiger partial charge in [-0.05, 0) is 44.6 Å². The minimum Gasteiger partial charge on any atom is -0.323 e. The van der Waals surface area contributed by atoms with E-state index in [4.69, 9.17) is 9.97 Å². The van der Waals surface area contributed by atoms with Gasteiger partial charge in [0, 0.05) is 48.5 Å². The molecule has 0 saturated heterocycles. The highest BCUT2D eigenvalue weighted by atomic mass is 32.2. The van der Waals surface area contributed by atoms with Crippen molar-refractivity contribution >= 4 is 33.1 Å². The molecule has 3 heterocycles. The van der Waals surface area contributed by atoms with Gasteiger partial charge in [-0.3, -0.25) is 9.78 Å². The van der Waals surface area contributed by atoms with Crippen molar-refractivity contribution in [3.8, 4) is 11.3 Å².